The number of amides is 2. The highest BCUT2D eigenvalue weighted by Crippen LogP contribution is 2.22. The molecule has 6 heteroatoms. The lowest BCUT2D eigenvalue weighted by atomic mass is 9.89. The summed E-state index contributed by atoms with van der Waals surface area (Å²) in [6.07, 6.45) is -0.125. The van der Waals surface area contributed by atoms with E-state index in [4.69, 9.17) is 5.11 Å². The number of carboxylic acids is 1. The Labute approximate surface area is 130 Å². The van der Waals surface area contributed by atoms with E-state index in [0.717, 1.165) is 5.56 Å². The Hall–Kier alpha value is -2.37. The topological polar surface area (TPSA) is 86.7 Å². The van der Waals surface area contributed by atoms with Crippen molar-refractivity contribution in [1.82, 2.24) is 4.90 Å². The van der Waals surface area contributed by atoms with Crippen molar-refractivity contribution < 1.29 is 19.5 Å². The van der Waals surface area contributed by atoms with Crippen LogP contribution >= 0.6 is 0 Å². The number of benzene rings is 1. The molecule has 0 fully saturated rings. The van der Waals surface area contributed by atoms with Crippen molar-refractivity contribution in [3.05, 3.63) is 29.3 Å². The highest BCUT2D eigenvalue weighted by molar-refractivity contribution is 5.97. The third-order valence-corrected chi connectivity index (χ3v) is 3.33. The fraction of sp³-hybridized carbons (Fsp3) is 0.438. The molecule has 0 unspecified atom stereocenters. The van der Waals surface area contributed by atoms with E-state index in [-0.39, 0.29) is 18.2 Å². The minimum atomic E-state index is -1.13. The first-order valence-corrected chi connectivity index (χ1v) is 6.90. The van der Waals surface area contributed by atoms with Gasteiger partial charge in [0.05, 0.1) is 5.41 Å². The summed E-state index contributed by atoms with van der Waals surface area (Å²) < 4.78 is 0. The van der Waals surface area contributed by atoms with Crippen LogP contribution in [0.15, 0.2) is 18.2 Å². The van der Waals surface area contributed by atoms with Crippen molar-refractivity contribution >= 4 is 23.5 Å². The van der Waals surface area contributed by atoms with Gasteiger partial charge in [0.1, 0.15) is 0 Å². The van der Waals surface area contributed by atoms with Gasteiger partial charge in [0, 0.05) is 31.8 Å². The maximum atomic E-state index is 11.9. The van der Waals surface area contributed by atoms with Crippen molar-refractivity contribution in [1.29, 1.82) is 0 Å². The van der Waals surface area contributed by atoms with E-state index < -0.39 is 11.4 Å². The number of hydrogen-bond donors (Lipinski definition) is 2. The Bertz CT molecular complexity index is 606. The van der Waals surface area contributed by atoms with E-state index in [9.17, 15) is 14.4 Å². The SMILES string of the molecule is Cc1cc(NC(=O)CC(C)(C)C(=O)O)ccc1C(=O)N(C)C. The smallest absolute Gasteiger partial charge is 0.309 e. The summed E-state index contributed by atoms with van der Waals surface area (Å²) in [4.78, 5) is 36.4. The fourth-order valence-electron chi connectivity index (χ4n) is 1.90. The molecular formula is C16H22N2O4. The third-order valence-electron chi connectivity index (χ3n) is 3.33. The second-order valence-electron chi connectivity index (χ2n) is 6.14. The second-order valence-corrected chi connectivity index (χ2v) is 6.14. The summed E-state index contributed by atoms with van der Waals surface area (Å²) in [5.41, 5.74) is 0.724. The average molecular weight is 306 g/mol. The largest absolute Gasteiger partial charge is 0.481 e. The minimum Gasteiger partial charge on any atom is -0.481 e. The van der Waals surface area contributed by atoms with Gasteiger partial charge in [0.2, 0.25) is 5.91 Å². The lowest BCUT2D eigenvalue weighted by Crippen LogP contribution is -2.29. The molecule has 120 valence electrons. The van der Waals surface area contributed by atoms with Crippen molar-refractivity contribution in [2.75, 3.05) is 19.4 Å². The van der Waals surface area contributed by atoms with Crippen LogP contribution in [-0.2, 0) is 9.59 Å². The molecule has 0 saturated carbocycles. The molecule has 0 heterocycles. The first-order chi connectivity index (χ1) is 10.0. The quantitative estimate of drug-likeness (QED) is 0.872. The zero-order chi connectivity index (χ0) is 17.1. The van der Waals surface area contributed by atoms with Crippen molar-refractivity contribution in [3.63, 3.8) is 0 Å². The molecule has 2 amide bonds. The number of aryl methyl sites for hydroxylation is 1. The Morgan fingerprint density at radius 1 is 1.23 bits per heavy atom. The Morgan fingerprint density at radius 3 is 2.27 bits per heavy atom. The zero-order valence-electron chi connectivity index (χ0n) is 13.6. The van der Waals surface area contributed by atoms with Crippen molar-refractivity contribution in [2.45, 2.75) is 27.2 Å². The van der Waals surface area contributed by atoms with Gasteiger partial charge in [-0.25, -0.2) is 0 Å². The molecule has 2 N–H and O–H groups in total. The van der Waals surface area contributed by atoms with E-state index in [1.165, 1.54) is 18.7 Å². The molecule has 1 rings (SSSR count). The molecular weight excluding hydrogens is 284 g/mol. The van der Waals surface area contributed by atoms with E-state index in [0.29, 0.717) is 11.3 Å². The molecule has 0 aliphatic heterocycles. The maximum Gasteiger partial charge on any atom is 0.309 e. The van der Waals surface area contributed by atoms with Crippen LogP contribution < -0.4 is 5.32 Å². The standard InChI is InChI=1S/C16H22N2O4/c1-10-8-11(6-7-12(10)14(20)18(4)5)17-13(19)9-16(2,3)15(21)22/h6-8H,9H2,1-5H3,(H,17,19)(H,21,22). The van der Waals surface area contributed by atoms with E-state index in [2.05, 4.69) is 5.32 Å². The van der Waals surface area contributed by atoms with Gasteiger partial charge in [-0.2, -0.15) is 0 Å². The number of nitrogens with zero attached hydrogens (tertiary/aromatic N) is 1. The van der Waals surface area contributed by atoms with Gasteiger partial charge >= 0.3 is 5.97 Å². The molecule has 0 bridgehead atoms. The van der Waals surface area contributed by atoms with Crippen LogP contribution in [0.4, 0.5) is 5.69 Å². The lowest BCUT2D eigenvalue weighted by Gasteiger charge is -2.18. The van der Waals surface area contributed by atoms with Gasteiger partial charge in [0.25, 0.3) is 5.91 Å². The molecule has 0 aromatic heterocycles. The second kappa shape index (κ2) is 6.60. The number of carbonyl (C=O) groups excluding carboxylic acids is 2. The highest BCUT2D eigenvalue weighted by atomic mass is 16.4. The van der Waals surface area contributed by atoms with Crippen LogP contribution in [0.5, 0.6) is 0 Å². The maximum absolute atomic E-state index is 11.9. The highest BCUT2D eigenvalue weighted by Gasteiger charge is 2.30. The Morgan fingerprint density at radius 2 is 1.82 bits per heavy atom. The van der Waals surface area contributed by atoms with Gasteiger partial charge in [-0.3, -0.25) is 14.4 Å². The summed E-state index contributed by atoms with van der Waals surface area (Å²) in [5.74, 6) is -1.51. The average Bonchev–Trinajstić information content (AvgIpc) is 2.36. The summed E-state index contributed by atoms with van der Waals surface area (Å²) >= 11 is 0. The number of aliphatic carboxylic acids is 1. The number of anilines is 1. The van der Waals surface area contributed by atoms with Gasteiger partial charge in [-0.05, 0) is 44.5 Å². The van der Waals surface area contributed by atoms with Crippen LogP contribution in [0.2, 0.25) is 0 Å². The molecule has 0 radical (unpaired) electrons. The Kier molecular flexibility index (Phi) is 5.30. The number of carboxylic acid groups (broad SMARTS) is 1. The molecule has 0 saturated heterocycles. The first kappa shape index (κ1) is 17.7. The predicted octanol–water partition coefficient (Wildman–Crippen LogP) is 2.14. The van der Waals surface area contributed by atoms with Crippen LogP contribution in [0.1, 0.15) is 36.2 Å². The lowest BCUT2D eigenvalue weighted by molar-refractivity contribution is -0.148. The predicted molar refractivity (Wildman–Crippen MR) is 83.9 cm³/mol. The summed E-state index contributed by atoms with van der Waals surface area (Å²) in [6, 6.07) is 4.98. The summed E-state index contributed by atoms with van der Waals surface area (Å²) in [5, 5.41) is 11.7. The molecule has 0 aliphatic rings. The van der Waals surface area contributed by atoms with Crippen LogP contribution in [0.25, 0.3) is 0 Å². The normalized spacial score (nSPS) is 11.0. The number of carbonyl (C=O) groups is 3. The van der Waals surface area contributed by atoms with E-state index in [1.807, 2.05) is 0 Å². The molecule has 6 nitrogen and oxygen atoms in total. The molecule has 1 aromatic carbocycles. The number of rotatable bonds is 5. The summed E-state index contributed by atoms with van der Waals surface area (Å²) in [7, 11) is 3.34. The Balaban J connectivity index is 2.84. The fourth-order valence-corrected chi connectivity index (χ4v) is 1.90. The monoisotopic (exact) mass is 306 g/mol. The van der Waals surface area contributed by atoms with Crippen molar-refractivity contribution in [3.8, 4) is 0 Å². The minimum absolute atomic E-state index is 0.109. The molecule has 0 aliphatic carbocycles. The molecule has 22 heavy (non-hydrogen) atoms. The van der Waals surface area contributed by atoms with E-state index in [1.54, 1.807) is 39.2 Å². The zero-order valence-corrected chi connectivity index (χ0v) is 13.6. The van der Waals surface area contributed by atoms with Gasteiger partial charge < -0.3 is 15.3 Å². The van der Waals surface area contributed by atoms with E-state index >= 15 is 0 Å². The van der Waals surface area contributed by atoms with Crippen molar-refractivity contribution in [2.24, 2.45) is 5.41 Å². The van der Waals surface area contributed by atoms with Crippen LogP contribution in [0, 0.1) is 12.3 Å². The molecule has 0 atom stereocenters. The number of hydrogen-bond acceptors (Lipinski definition) is 3. The third kappa shape index (κ3) is 4.31. The van der Waals surface area contributed by atoms with Crippen LogP contribution in [-0.4, -0.2) is 41.9 Å². The number of nitrogens with one attached hydrogen (secondary N) is 1. The van der Waals surface area contributed by atoms with Gasteiger partial charge in [0.15, 0.2) is 0 Å². The molecule has 1 aromatic rings. The summed E-state index contributed by atoms with van der Waals surface area (Å²) in [6.45, 7) is 4.78. The van der Waals surface area contributed by atoms with Crippen LogP contribution in [0.3, 0.4) is 0 Å². The van der Waals surface area contributed by atoms with Gasteiger partial charge in [-0.1, -0.05) is 0 Å². The first-order valence-electron chi connectivity index (χ1n) is 6.90. The van der Waals surface area contributed by atoms with Gasteiger partial charge in [-0.15, -0.1) is 0 Å². The molecule has 0 spiro atoms.